The first-order valence-electron chi connectivity index (χ1n) is 8.04. The quantitative estimate of drug-likeness (QED) is 0.533. The number of hydrogen-bond donors (Lipinski definition) is 1. The molecule has 1 aliphatic rings. The van der Waals surface area contributed by atoms with Crippen molar-refractivity contribution in [1.29, 1.82) is 0 Å². The highest BCUT2D eigenvalue weighted by atomic mass is 16.6. The van der Waals surface area contributed by atoms with Gasteiger partial charge in [0.25, 0.3) is 11.6 Å². The monoisotopic (exact) mass is 356 g/mol. The van der Waals surface area contributed by atoms with Gasteiger partial charge in [-0.1, -0.05) is 16.4 Å². The highest BCUT2D eigenvalue weighted by Crippen LogP contribution is 2.22. The average molecular weight is 356 g/mol. The fraction of sp³-hybridized carbons (Fsp3) is 0.333. The van der Waals surface area contributed by atoms with Crippen LogP contribution in [0.15, 0.2) is 35.0 Å². The van der Waals surface area contributed by atoms with E-state index in [1.165, 1.54) is 16.8 Å². The van der Waals surface area contributed by atoms with Crippen LogP contribution in [0.4, 0.5) is 5.69 Å². The van der Waals surface area contributed by atoms with Gasteiger partial charge in [-0.2, -0.15) is 4.98 Å². The number of hydrogen-bond acceptors (Lipinski definition) is 9. The number of rotatable bonds is 4. The minimum absolute atomic E-state index is 0.0209. The molecular weight excluding hydrogens is 340 g/mol. The van der Waals surface area contributed by atoms with Crippen molar-refractivity contribution in [2.24, 2.45) is 0 Å². The van der Waals surface area contributed by atoms with Gasteiger partial charge in [-0.25, -0.2) is 4.68 Å². The number of benzene rings is 1. The minimum Gasteiger partial charge on any atom is -0.332 e. The molecule has 3 aromatic rings. The molecule has 1 atom stereocenters. The fourth-order valence-corrected chi connectivity index (χ4v) is 2.81. The summed E-state index contributed by atoms with van der Waals surface area (Å²) in [6, 6.07) is 6.16. The third kappa shape index (κ3) is 3.05. The van der Waals surface area contributed by atoms with Crippen LogP contribution < -0.4 is 5.32 Å². The molecule has 3 heterocycles. The third-order valence-corrected chi connectivity index (χ3v) is 4.27. The van der Waals surface area contributed by atoms with Crippen LogP contribution >= 0.6 is 0 Å². The lowest BCUT2D eigenvalue weighted by atomic mass is 10.2. The van der Waals surface area contributed by atoms with Gasteiger partial charge in [-0.3, -0.25) is 15.0 Å². The van der Waals surface area contributed by atoms with E-state index in [-0.39, 0.29) is 17.6 Å². The first-order valence-corrected chi connectivity index (χ1v) is 8.04. The summed E-state index contributed by atoms with van der Waals surface area (Å²) in [6.45, 7) is 2.57. The van der Waals surface area contributed by atoms with Crippen molar-refractivity contribution in [3.05, 3.63) is 46.4 Å². The summed E-state index contributed by atoms with van der Waals surface area (Å²) >= 11 is 0. The number of piperazine rings is 1. The Balaban J connectivity index is 1.59. The van der Waals surface area contributed by atoms with Gasteiger partial charge in [0.1, 0.15) is 0 Å². The molecule has 0 amide bonds. The van der Waals surface area contributed by atoms with E-state index in [0.29, 0.717) is 17.2 Å². The molecule has 0 aliphatic carbocycles. The Labute approximate surface area is 147 Å². The maximum atomic E-state index is 10.9. The highest BCUT2D eigenvalue weighted by Gasteiger charge is 2.26. The van der Waals surface area contributed by atoms with E-state index >= 15 is 0 Å². The molecule has 1 N–H and O–H groups in total. The van der Waals surface area contributed by atoms with Crippen molar-refractivity contribution in [1.82, 2.24) is 35.4 Å². The highest BCUT2D eigenvalue weighted by molar-refractivity contribution is 5.47. The molecule has 11 heteroatoms. The zero-order valence-corrected chi connectivity index (χ0v) is 13.9. The van der Waals surface area contributed by atoms with E-state index in [4.69, 9.17) is 4.52 Å². The van der Waals surface area contributed by atoms with E-state index in [9.17, 15) is 10.1 Å². The molecule has 4 rings (SSSR count). The maximum Gasteiger partial charge on any atom is 0.280 e. The summed E-state index contributed by atoms with van der Waals surface area (Å²) in [6.07, 6.45) is 1.60. The SMILES string of the molecule is CN1CCNCC1c1noc(-c2cn(-c3cccc([N+](=O)[O-])c3)nn2)n1. The molecule has 0 saturated carbocycles. The van der Waals surface area contributed by atoms with Gasteiger partial charge in [0.2, 0.25) is 0 Å². The average Bonchev–Trinajstić information content (AvgIpc) is 3.32. The van der Waals surface area contributed by atoms with Crippen LogP contribution in [-0.2, 0) is 0 Å². The Kier molecular flexibility index (Phi) is 4.14. The normalized spacial score (nSPS) is 18.1. The van der Waals surface area contributed by atoms with Gasteiger partial charge in [-0.15, -0.1) is 5.10 Å². The molecule has 11 nitrogen and oxygen atoms in total. The maximum absolute atomic E-state index is 10.9. The lowest BCUT2D eigenvalue weighted by Gasteiger charge is -2.30. The Morgan fingerprint density at radius 2 is 2.31 bits per heavy atom. The molecule has 1 saturated heterocycles. The van der Waals surface area contributed by atoms with Crippen molar-refractivity contribution < 1.29 is 9.45 Å². The first-order chi connectivity index (χ1) is 12.6. The number of nitro groups is 1. The van der Waals surface area contributed by atoms with Crippen LogP contribution in [0.25, 0.3) is 17.3 Å². The Hall–Kier alpha value is -3.18. The number of nitrogens with one attached hydrogen (secondary N) is 1. The molecule has 1 fully saturated rings. The lowest BCUT2D eigenvalue weighted by Crippen LogP contribution is -2.44. The number of nitrogens with zero attached hydrogens (tertiary/aromatic N) is 7. The van der Waals surface area contributed by atoms with Crippen LogP contribution in [0.2, 0.25) is 0 Å². The number of non-ortho nitro benzene ring substituents is 1. The smallest absolute Gasteiger partial charge is 0.280 e. The van der Waals surface area contributed by atoms with Crippen molar-refractivity contribution in [3.63, 3.8) is 0 Å². The number of aromatic nitrogens is 5. The summed E-state index contributed by atoms with van der Waals surface area (Å²) in [7, 11) is 2.01. The molecule has 134 valence electrons. The molecule has 26 heavy (non-hydrogen) atoms. The van der Waals surface area contributed by atoms with Gasteiger partial charge >= 0.3 is 0 Å². The van der Waals surface area contributed by atoms with Crippen LogP contribution in [0.1, 0.15) is 11.9 Å². The molecule has 1 aliphatic heterocycles. The van der Waals surface area contributed by atoms with E-state index in [1.54, 1.807) is 18.3 Å². The Morgan fingerprint density at radius 3 is 3.12 bits per heavy atom. The second-order valence-electron chi connectivity index (χ2n) is 5.98. The Bertz CT molecular complexity index is 936. The first kappa shape index (κ1) is 16.3. The predicted molar refractivity (Wildman–Crippen MR) is 89.5 cm³/mol. The van der Waals surface area contributed by atoms with Gasteiger partial charge in [-0.05, 0) is 13.1 Å². The fourth-order valence-electron chi connectivity index (χ4n) is 2.81. The van der Waals surface area contributed by atoms with Gasteiger partial charge in [0, 0.05) is 31.8 Å². The van der Waals surface area contributed by atoms with Crippen molar-refractivity contribution >= 4 is 5.69 Å². The van der Waals surface area contributed by atoms with E-state index in [1.807, 2.05) is 7.05 Å². The van der Waals surface area contributed by atoms with E-state index < -0.39 is 4.92 Å². The van der Waals surface area contributed by atoms with Crippen molar-refractivity contribution in [2.75, 3.05) is 26.7 Å². The van der Waals surface area contributed by atoms with Crippen LogP contribution in [0.3, 0.4) is 0 Å². The van der Waals surface area contributed by atoms with Crippen molar-refractivity contribution in [3.8, 4) is 17.3 Å². The predicted octanol–water partition coefficient (Wildman–Crippen LogP) is 0.802. The summed E-state index contributed by atoms with van der Waals surface area (Å²) in [5.41, 5.74) is 0.906. The molecule has 0 bridgehead atoms. The zero-order chi connectivity index (χ0) is 18.1. The van der Waals surface area contributed by atoms with Gasteiger partial charge in [0.15, 0.2) is 11.5 Å². The van der Waals surface area contributed by atoms with Crippen molar-refractivity contribution in [2.45, 2.75) is 6.04 Å². The zero-order valence-electron chi connectivity index (χ0n) is 13.9. The second kappa shape index (κ2) is 6.61. The van der Waals surface area contributed by atoms with E-state index in [0.717, 1.165) is 19.6 Å². The molecule has 1 unspecified atom stereocenters. The Morgan fingerprint density at radius 1 is 1.42 bits per heavy atom. The second-order valence-corrected chi connectivity index (χ2v) is 5.98. The summed E-state index contributed by atoms with van der Waals surface area (Å²) in [5, 5.41) is 26.3. The number of nitro benzene ring substituents is 1. The molecule has 0 spiro atoms. The summed E-state index contributed by atoms with van der Waals surface area (Å²) in [5.74, 6) is 0.843. The third-order valence-electron chi connectivity index (χ3n) is 4.27. The topological polar surface area (TPSA) is 128 Å². The van der Waals surface area contributed by atoms with Gasteiger partial charge in [0.05, 0.1) is 22.8 Å². The molecule has 0 radical (unpaired) electrons. The molecule has 1 aromatic carbocycles. The van der Waals surface area contributed by atoms with Crippen LogP contribution in [0, 0.1) is 10.1 Å². The van der Waals surface area contributed by atoms with Crippen LogP contribution in [-0.4, -0.2) is 61.6 Å². The minimum atomic E-state index is -0.458. The molecular formula is C15H16N8O3. The summed E-state index contributed by atoms with van der Waals surface area (Å²) < 4.78 is 6.75. The molecule has 2 aromatic heterocycles. The lowest BCUT2D eigenvalue weighted by molar-refractivity contribution is -0.384. The van der Waals surface area contributed by atoms with Gasteiger partial charge < -0.3 is 9.84 Å². The van der Waals surface area contributed by atoms with Crippen LogP contribution in [0.5, 0.6) is 0 Å². The largest absolute Gasteiger partial charge is 0.332 e. The standard InChI is InChI=1S/C15H16N8O3/c1-21-6-5-16-8-13(21)14-17-15(26-19-14)12-9-22(20-18-12)10-3-2-4-11(7-10)23(24)25/h2-4,7,9,13,16H,5-6,8H2,1H3. The summed E-state index contributed by atoms with van der Waals surface area (Å²) in [4.78, 5) is 17.0. The van der Waals surface area contributed by atoms with E-state index in [2.05, 4.69) is 30.7 Å². The number of likely N-dealkylation sites (N-methyl/N-ethyl adjacent to an activating group) is 1.